The van der Waals surface area contributed by atoms with Crippen molar-refractivity contribution in [3.05, 3.63) is 107 Å². The van der Waals surface area contributed by atoms with Gasteiger partial charge in [-0.2, -0.15) is 0 Å². The molecule has 4 rings (SSSR count). The van der Waals surface area contributed by atoms with Crippen molar-refractivity contribution >= 4 is 17.8 Å². The van der Waals surface area contributed by atoms with Gasteiger partial charge in [0.05, 0.1) is 13.7 Å². The van der Waals surface area contributed by atoms with Crippen LogP contribution in [0.4, 0.5) is 0 Å². The lowest BCUT2D eigenvalue weighted by Gasteiger charge is -2.18. The third-order valence-corrected chi connectivity index (χ3v) is 4.56. The highest BCUT2D eigenvalue weighted by molar-refractivity contribution is 6.19. The number of amides is 1. The first kappa shape index (κ1) is 17.7. The fourth-order valence-electron chi connectivity index (χ4n) is 3.16. The largest absolute Gasteiger partial charge is 0.497 e. The van der Waals surface area contributed by atoms with E-state index >= 15 is 0 Å². The second-order valence-corrected chi connectivity index (χ2v) is 6.48. The summed E-state index contributed by atoms with van der Waals surface area (Å²) in [5, 5.41) is 0. The lowest BCUT2D eigenvalue weighted by molar-refractivity contribution is -0.123. The number of rotatable bonds is 5. The molecule has 0 radical (unpaired) electrons. The fraction of sp³-hybridized carbons (Fsp3) is 0.0833. The fourth-order valence-corrected chi connectivity index (χ4v) is 3.16. The van der Waals surface area contributed by atoms with E-state index in [0.717, 1.165) is 22.4 Å². The van der Waals surface area contributed by atoms with Gasteiger partial charge in [-0.15, -0.1) is 0 Å². The molecule has 0 N–H and O–H groups in total. The summed E-state index contributed by atoms with van der Waals surface area (Å²) in [6, 6.07) is 27.3. The Kier molecular flexibility index (Phi) is 5.02. The summed E-state index contributed by atoms with van der Waals surface area (Å²) in [7, 11) is 1.63. The van der Waals surface area contributed by atoms with E-state index in [-0.39, 0.29) is 5.91 Å². The molecule has 1 aliphatic heterocycles. The zero-order valence-corrected chi connectivity index (χ0v) is 15.6. The minimum atomic E-state index is -0.106. The molecule has 138 valence electrons. The predicted molar refractivity (Wildman–Crippen MR) is 111 cm³/mol. The lowest BCUT2D eigenvalue weighted by atomic mass is 10.1. The van der Waals surface area contributed by atoms with Crippen LogP contribution in [0.15, 0.2) is 95.6 Å². The van der Waals surface area contributed by atoms with Gasteiger partial charge in [0.1, 0.15) is 17.3 Å². The molecule has 1 aliphatic rings. The molecule has 3 aromatic rings. The normalized spacial score (nSPS) is 15.0. The Bertz CT molecular complexity index is 1040. The number of carbonyl (C=O) groups is 1. The number of ether oxygens (including phenoxy) is 1. The molecule has 0 saturated carbocycles. The molecular weight excluding hydrogens is 348 g/mol. The third kappa shape index (κ3) is 3.71. The van der Waals surface area contributed by atoms with E-state index in [0.29, 0.717) is 18.1 Å². The summed E-state index contributed by atoms with van der Waals surface area (Å²) in [4.78, 5) is 19.6. The van der Waals surface area contributed by atoms with Crippen molar-refractivity contribution in [1.82, 2.24) is 4.90 Å². The number of amidine groups is 1. The molecule has 0 spiro atoms. The van der Waals surface area contributed by atoms with Gasteiger partial charge in [0.25, 0.3) is 5.91 Å². The maximum Gasteiger partial charge on any atom is 0.278 e. The number of carbonyl (C=O) groups excluding carboxylic acids is 1. The van der Waals surface area contributed by atoms with Crippen molar-refractivity contribution in [1.29, 1.82) is 0 Å². The molecule has 0 bridgehead atoms. The Morgan fingerprint density at radius 2 is 1.64 bits per heavy atom. The third-order valence-electron chi connectivity index (χ3n) is 4.56. The average molecular weight is 368 g/mol. The van der Waals surface area contributed by atoms with Gasteiger partial charge >= 0.3 is 0 Å². The number of benzene rings is 3. The molecule has 0 fully saturated rings. The van der Waals surface area contributed by atoms with Gasteiger partial charge in [0.2, 0.25) is 0 Å². The van der Waals surface area contributed by atoms with Crippen LogP contribution in [0.3, 0.4) is 0 Å². The summed E-state index contributed by atoms with van der Waals surface area (Å²) in [6.45, 7) is 0.475. The molecule has 0 aliphatic carbocycles. The molecule has 28 heavy (non-hydrogen) atoms. The van der Waals surface area contributed by atoms with E-state index < -0.39 is 0 Å². The van der Waals surface area contributed by atoms with E-state index in [1.54, 1.807) is 18.1 Å². The van der Waals surface area contributed by atoms with Gasteiger partial charge in [0.15, 0.2) is 0 Å². The second-order valence-electron chi connectivity index (χ2n) is 6.48. The van der Waals surface area contributed by atoms with Crippen LogP contribution in [0.2, 0.25) is 0 Å². The molecule has 1 heterocycles. The highest BCUT2D eigenvalue weighted by atomic mass is 16.5. The predicted octanol–water partition coefficient (Wildman–Crippen LogP) is 4.53. The minimum Gasteiger partial charge on any atom is -0.497 e. The van der Waals surface area contributed by atoms with Crippen LogP contribution >= 0.6 is 0 Å². The molecule has 4 heteroatoms. The summed E-state index contributed by atoms with van der Waals surface area (Å²) >= 11 is 0. The Hall–Kier alpha value is -3.66. The van der Waals surface area contributed by atoms with Gasteiger partial charge < -0.3 is 4.74 Å². The monoisotopic (exact) mass is 368 g/mol. The number of nitrogens with zero attached hydrogens (tertiary/aromatic N) is 2. The molecule has 0 saturated heterocycles. The van der Waals surface area contributed by atoms with Crippen LogP contribution in [-0.2, 0) is 11.3 Å². The molecule has 0 atom stereocenters. The first-order chi connectivity index (χ1) is 13.7. The highest BCUT2D eigenvalue weighted by Gasteiger charge is 2.31. The number of aliphatic imine (C=N–C) groups is 1. The van der Waals surface area contributed by atoms with Crippen molar-refractivity contribution in [2.45, 2.75) is 6.54 Å². The SMILES string of the molecule is COc1cccc(C=C2N=C(c3ccccc3)N(Cc3ccccc3)C2=O)c1. The van der Waals surface area contributed by atoms with E-state index in [1.807, 2.05) is 84.9 Å². The quantitative estimate of drug-likeness (QED) is 0.621. The highest BCUT2D eigenvalue weighted by Crippen LogP contribution is 2.25. The maximum absolute atomic E-state index is 13.2. The van der Waals surface area contributed by atoms with Crippen LogP contribution in [0, 0.1) is 0 Å². The van der Waals surface area contributed by atoms with Crippen LogP contribution < -0.4 is 4.74 Å². The van der Waals surface area contributed by atoms with E-state index in [9.17, 15) is 4.79 Å². The first-order valence-corrected chi connectivity index (χ1v) is 9.10. The topological polar surface area (TPSA) is 41.9 Å². The Labute approximate surface area is 164 Å². The Morgan fingerprint density at radius 1 is 0.929 bits per heavy atom. The van der Waals surface area contributed by atoms with Gasteiger partial charge in [-0.25, -0.2) is 4.99 Å². The average Bonchev–Trinajstić information content (AvgIpc) is 3.05. The molecular formula is C24H20N2O2. The number of hydrogen-bond acceptors (Lipinski definition) is 3. The Balaban J connectivity index is 1.73. The molecule has 3 aromatic carbocycles. The van der Waals surface area contributed by atoms with E-state index in [4.69, 9.17) is 4.74 Å². The van der Waals surface area contributed by atoms with Crippen LogP contribution in [0.1, 0.15) is 16.7 Å². The summed E-state index contributed by atoms with van der Waals surface area (Å²) < 4.78 is 5.28. The Morgan fingerprint density at radius 3 is 2.36 bits per heavy atom. The van der Waals surface area contributed by atoms with Crippen molar-refractivity contribution in [3.8, 4) is 5.75 Å². The summed E-state index contributed by atoms with van der Waals surface area (Å²) in [6.07, 6.45) is 1.80. The summed E-state index contributed by atoms with van der Waals surface area (Å²) in [5.41, 5.74) is 3.27. The van der Waals surface area contributed by atoms with E-state index in [1.165, 1.54) is 0 Å². The number of hydrogen-bond donors (Lipinski definition) is 0. The number of methoxy groups -OCH3 is 1. The van der Waals surface area contributed by atoms with Gasteiger partial charge in [0, 0.05) is 5.56 Å². The van der Waals surface area contributed by atoms with Crippen molar-refractivity contribution in [2.75, 3.05) is 7.11 Å². The van der Waals surface area contributed by atoms with Crippen molar-refractivity contribution < 1.29 is 9.53 Å². The summed E-state index contributed by atoms with van der Waals surface area (Å²) in [5.74, 6) is 1.31. The van der Waals surface area contributed by atoms with Crippen LogP contribution in [-0.4, -0.2) is 23.8 Å². The standard InChI is InChI=1S/C24H20N2O2/c1-28-21-14-8-11-19(15-21)16-22-24(27)26(17-18-9-4-2-5-10-18)23(25-22)20-12-6-3-7-13-20/h2-16H,17H2,1H3. The van der Waals surface area contributed by atoms with Crippen molar-refractivity contribution in [3.63, 3.8) is 0 Å². The molecule has 4 nitrogen and oxygen atoms in total. The van der Waals surface area contributed by atoms with Gasteiger partial charge in [-0.05, 0) is 29.3 Å². The second kappa shape index (κ2) is 7.92. The van der Waals surface area contributed by atoms with Crippen molar-refractivity contribution in [2.24, 2.45) is 4.99 Å². The smallest absolute Gasteiger partial charge is 0.278 e. The van der Waals surface area contributed by atoms with Crippen LogP contribution in [0.5, 0.6) is 5.75 Å². The van der Waals surface area contributed by atoms with Crippen LogP contribution in [0.25, 0.3) is 6.08 Å². The molecule has 0 aromatic heterocycles. The first-order valence-electron chi connectivity index (χ1n) is 9.10. The minimum absolute atomic E-state index is 0.106. The lowest BCUT2D eigenvalue weighted by Crippen LogP contribution is -2.32. The van der Waals surface area contributed by atoms with Gasteiger partial charge in [-0.3, -0.25) is 9.69 Å². The van der Waals surface area contributed by atoms with Gasteiger partial charge in [-0.1, -0.05) is 72.8 Å². The van der Waals surface area contributed by atoms with E-state index in [2.05, 4.69) is 4.99 Å². The zero-order chi connectivity index (χ0) is 19.3. The zero-order valence-electron chi connectivity index (χ0n) is 15.6. The molecule has 0 unspecified atom stereocenters. The molecule has 1 amide bonds. The maximum atomic E-state index is 13.2.